The fourth-order valence-electron chi connectivity index (χ4n) is 3.37. The molecular formula is C22H28FN5O4. The molecule has 172 valence electrons. The topological polar surface area (TPSA) is 107 Å². The number of ether oxygens (including phenoxy) is 1. The van der Waals surface area contributed by atoms with E-state index in [-0.39, 0.29) is 11.8 Å². The van der Waals surface area contributed by atoms with Gasteiger partial charge in [-0.1, -0.05) is 12.1 Å². The molecule has 1 aliphatic rings. The summed E-state index contributed by atoms with van der Waals surface area (Å²) >= 11 is 0. The van der Waals surface area contributed by atoms with E-state index in [1.54, 1.807) is 43.0 Å². The summed E-state index contributed by atoms with van der Waals surface area (Å²) in [5, 5.41) is 15.1. The molecule has 0 atom stereocenters. The largest absolute Gasteiger partial charge is 0.453 e. The average molecular weight is 445 g/mol. The number of aliphatic hydroxyl groups is 1. The van der Waals surface area contributed by atoms with Gasteiger partial charge in [-0.05, 0) is 32.0 Å². The summed E-state index contributed by atoms with van der Waals surface area (Å²) < 4.78 is 19.7. The number of hydrogen-bond donors (Lipinski definition) is 3. The molecule has 0 unspecified atom stereocenters. The molecule has 0 bridgehead atoms. The Kier molecular flexibility index (Phi) is 7.26. The number of nitrogens with one attached hydrogen (secondary N) is 2. The van der Waals surface area contributed by atoms with Gasteiger partial charge in [0.05, 0.1) is 30.4 Å². The van der Waals surface area contributed by atoms with Crippen LogP contribution in [-0.4, -0.2) is 65.3 Å². The Hall–Kier alpha value is -3.24. The molecule has 1 fully saturated rings. The monoisotopic (exact) mass is 445 g/mol. The maximum atomic E-state index is 15.0. The van der Waals surface area contributed by atoms with E-state index in [0.29, 0.717) is 49.7 Å². The van der Waals surface area contributed by atoms with Crippen molar-refractivity contribution in [3.8, 4) is 0 Å². The van der Waals surface area contributed by atoms with E-state index in [4.69, 9.17) is 4.74 Å². The Bertz CT molecular complexity index is 954. The normalized spacial score (nSPS) is 14.7. The first-order chi connectivity index (χ1) is 15.2. The number of carbonyl (C=O) groups is 2. The molecule has 1 aromatic heterocycles. The third-order valence-electron chi connectivity index (χ3n) is 5.17. The van der Waals surface area contributed by atoms with E-state index in [0.717, 1.165) is 0 Å². The highest BCUT2D eigenvalue weighted by atomic mass is 19.1. The molecule has 1 aliphatic heterocycles. The van der Waals surface area contributed by atoms with Crippen molar-refractivity contribution in [1.82, 2.24) is 14.8 Å². The van der Waals surface area contributed by atoms with Crippen molar-refractivity contribution in [2.45, 2.75) is 26.0 Å². The summed E-state index contributed by atoms with van der Waals surface area (Å²) in [7, 11) is 1.35. The quantitative estimate of drug-likeness (QED) is 0.653. The number of amides is 3. The molecule has 1 aromatic carbocycles. The molecule has 2 heterocycles. The second-order valence-corrected chi connectivity index (χ2v) is 8.08. The van der Waals surface area contributed by atoms with E-state index in [1.165, 1.54) is 19.4 Å². The summed E-state index contributed by atoms with van der Waals surface area (Å²) in [6.45, 7) is 5.80. The zero-order valence-corrected chi connectivity index (χ0v) is 18.4. The van der Waals surface area contributed by atoms with Crippen LogP contribution in [0.3, 0.4) is 0 Å². The first-order valence-electron chi connectivity index (χ1n) is 10.3. The average Bonchev–Trinajstić information content (AvgIpc) is 2.76. The van der Waals surface area contributed by atoms with E-state index in [1.807, 2.05) is 4.90 Å². The van der Waals surface area contributed by atoms with Crippen molar-refractivity contribution in [2.24, 2.45) is 0 Å². The molecule has 3 rings (SSSR count). The number of pyridine rings is 1. The van der Waals surface area contributed by atoms with Crippen molar-refractivity contribution in [2.75, 3.05) is 43.9 Å². The third kappa shape index (κ3) is 5.92. The van der Waals surface area contributed by atoms with Crippen LogP contribution in [0.15, 0.2) is 36.5 Å². The van der Waals surface area contributed by atoms with Crippen LogP contribution in [0.25, 0.3) is 0 Å². The number of anilines is 2. The van der Waals surface area contributed by atoms with Crippen LogP contribution in [0.2, 0.25) is 0 Å². The summed E-state index contributed by atoms with van der Waals surface area (Å²) in [6.07, 6.45) is 1.06. The summed E-state index contributed by atoms with van der Waals surface area (Å²) in [5.41, 5.74) is 0.306. The zero-order chi connectivity index (χ0) is 23.3. The van der Waals surface area contributed by atoms with Crippen LogP contribution in [0.4, 0.5) is 25.4 Å². The Morgan fingerprint density at radius 1 is 1.16 bits per heavy atom. The van der Waals surface area contributed by atoms with Crippen LogP contribution in [0.5, 0.6) is 0 Å². The number of hydrogen-bond acceptors (Lipinski definition) is 6. The van der Waals surface area contributed by atoms with Crippen molar-refractivity contribution in [3.63, 3.8) is 0 Å². The molecule has 0 radical (unpaired) electrons. The van der Waals surface area contributed by atoms with Gasteiger partial charge in [0, 0.05) is 38.3 Å². The number of piperazine rings is 1. The van der Waals surface area contributed by atoms with Crippen LogP contribution < -0.4 is 10.6 Å². The van der Waals surface area contributed by atoms with Gasteiger partial charge in [0.2, 0.25) is 0 Å². The van der Waals surface area contributed by atoms with Gasteiger partial charge in [-0.25, -0.2) is 14.0 Å². The molecule has 3 N–H and O–H groups in total. The van der Waals surface area contributed by atoms with E-state index in [2.05, 4.69) is 15.6 Å². The summed E-state index contributed by atoms with van der Waals surface area (Å²) in [4.78, 5) is 31.7. The summed E-state index contributed by atoms with van der Waals surface area (Å²) in [5.74, 6) is -0.506. The molecule has 0 saturated carbocycles. The van der Waals surface area contributed by atoms with Gasteiger partial charge in [-0.2, -0.15) is 0 Å². The lowest BCUT2D eigenvalue weighted by atomic mass is 10.1. The Morgan fingerprint density at radius 2 is 1.88 bits per heavy atom. The summed E-state index contributed by atoms with van der Waals surface area (Å²) in [6, 6.07) is 7.45. The highest BCUT2D eigenvalue weighted by molar-refractivity contribution is 5.99. The predicted octanol–water partition coefficient (Wildman–Crippen LogP) is 2.98. The SMILES string of the molecule is COC(=O)N1CCN(Cc2cccc(NC(=O)Nc3ccc(C(C)(C)O)nc3)c2F)CC1. The van der Waals surface area contributed by atoms with Gasteiger partial charge in [0.25, 0.3) is 0 Å². The molecule has 1 saturated heterocycles. The standard InChI is InChI=1S/C22H28FN5O4/c1-22(2,31)18-8-7-16(13-24-18)25-20(29)26-17-6-4-5-15(19(17)23)14-27-9-11-28(12-10-27)21(30)32-3/h4-8,13,31H,9-12,14H2,1-3H3,(H2,25,26,29). The van der Waals surface area contributed by atoms with Crippen LogP contribution in [0.1, 0.15) is 25.1 Å². The Balaban J connectivity index is 1.58. The van der Waals surface area contributed by atoms with Gasteiger partial charge in [-0.15, -0.1) is 0 Å². The van der Waals surface area contributed by atoms with Gasteiger partial charge in [-0.3, -0.25) is 9.88 Å². The highest BCUT2D eigenvalue weighted by Gasteiger charge is 2.23. The van der Waals surface area contributed by atoms with Crippen LogP contribution in [0, 0.1) is 5.82 Å². The number of urea groups is 1. The van der Waals surface area contributed by atoms with Gasteiger partial charge < -0.3 is 25.4 Å². The van der Waals surface area contributed by atoms with Gasteiger partial charge >= 0.3 is 12.1 Å². The molecule has 0 spiro atoms. The minimum absolute atomic E-state index is 0.0641. The smallest absolute Gasteiger partial charge is 0.409 e. The van der Waals surface area contributed by atoms with Crippen LogP contribution in [-0.2, 0) is 16.9 Å². The Labute approximate surface area is 186 Å². The zero-order valence-electron chi connectivity index (χ0n) is 18.4. The number of halogens is 1. The number of nitrogens with zero attached hydrogens (tertiary/aromatic N) is 3. The van der Waals surface area contributed by atoms with Crippen molar-refractivity contribution in [3.05, 3.63) is 53.6 Å². The third-order valence-corrected chi connectivity index (χ3v) is 5.17. The van der Waals surface area contributed by atoms with Crippen molar-refractivity contribution >= 4 is 23.5 Å². The van der Waals surface area contributed by atoms with Gasteiger partial charge in [0.15, 0.2) is 5.82 Å². The second-order valence-electron chi connectivity index (χ2n) is 8.08. The van der Waals surface area contributed by atoms with Crippen molar-refractivity contribution in [1.29, 1.82) is 0 Å². The van der Waals surface area contributed by atoms with E-state index < -0.39 is 17.4 Å². The molecule has 9 nitrogen and oxygen atoms in total. The predicted molar refractivity (Wildman–Crippen MR) is 118 cm³/mol. The lowest BCUT2D eigenvalue weighted by Gasteiger charge is -2.33. The van der Waals surface area contributed by atoms with Crippen LogP contribution >= 0.6 is 0 Å². The first kappa shape index (κ1) is 23.4. The van der Waals surface area contributed by atoms with E-state index >= 15 is 0 Å². The minimum Gasteiger partial charge on any atom is -0.453 e. The van der Waals surface area contributed by atoms with E-state index in [9.17, 15) is 19.1 Å². The maximum absolute atomic E-state index is 15.0. The number of methoxy groups -OCH3 is 1. The Morgan fingerprint density at radius 3 is 2.47 bits per heavy atom. The molecular weight excluding hydrogens is 417 g/mol. The number of rotatable bonds is 5. The number of carbonyl (C=O) groups excluding carboxylic acids is 2. The van der Waals surface area contributed by atoms with Crippen molar-refractivity contribution < 1.29 is 23.8 Å². The first-order valence-corrected chi connectivity index (χ1v) is 10.3. The maximum Gasteiger partial charge on any atom is 0.409 e. The fraction of sp³-hybridized carbons (Fsp3) is 0.409. The molecule has 10 heteroatoms. The fourth-order valence-corrected chi connectivity index (χ4v) is 3.37. The molecule has 3 amide bonds. The minimum atomic E-state index is -1.09. The number of benzene rings is 1. The highest BCUT2D eigenvalue weighted by Crippen LogP contribution is 2.22. The van der Waals surface area contributed by atoms with Gasteiger partial charge in [0.1, 0.15) is 5.60 Å². The second kappa shape index (κ2) is 9.92. The molecule has 0 aliphatic carbocycles. The molecule has 32 heavy (non-hydrogen) atoms. The lowest BCUT2D eigenvalue weighted by Crippen LogP contribution is -2.48. The lowest BCUT2D eigenvalue weighted by molar-refractivity contribution is 0.0739. The number of aromatic nitrogens is 1. The molecule has 2 aromatic rings.